The van der Waals surface area contributed by atoms with Crippen LogP contribution in [0.3, 0.4) is 0 Å². The molecule has 21 heavy (non-hydrogen) atoms. The van der Waals surface area contributed by atoms with Crippen molar-refractivity contribution in [3.05, 3.63) is 44.2 Å². The molecule has 108 valence electrons. The Kier molecular flexibility index (Phi) is 4.49. The second kappa shape index (κ2) is 6.20. The van der Waals surface area contributed by atoms with Crippen molar-refractivity contribution >= 4 is 60.8 Å². The number of hydrogen-bond donors (Lipinski definition) is 0. The molecule has 0 fully saturated rings. The van der Waals surface area contributed by atoms with Gasteiger partial charge in [0.05, 0.1) is 16.2 Å². The van der Waals surface area contributed by atoms with Crippen LogP contribution in [0.2, 0.25) is 5.15 Å². The molecule has 0 aliphatic heterocycles. The van der Waals surface area contributed by atoms with Gasteiger partial charge in [0, 0.05) is 15.5 Å². The van der Waals surface area contributed by atoms with Gasteiger partial charge in [0.2, 0.25) is 0 Å². The van der Waals surface area contributed by atoms with E-state index < -0.39 is 0 Å². The van der Waals surface area contributed by atoms with E-state index in [1.54, 1.807) is 29.3 Å². The van der Waals surface area contributed by atoms with Gasteiger partial charge in [-0.1, -0.05) is 23.4 Å². The van der Waals surface area contributed by atoms with Gasteiger partial charge in [-0.2, -0.15) is 0 Å². The van der Waals surface area contributed by atoms with Gasteiger partial charge in [0.15, 0.2) is 0 Å². The second-order valence-corrected chi connectivity index (χ2v) is 7.97. The standard InChI is InChI=1S/C14H11BrClN3S2/c1-7-8(2)21-14-12(7)13(16)18-10(19-14)6-20-11-4-3-9(15)5-17-11/h3-5H,6H2,1-2H3. The summed E-state index contributed by atoms with van der Waals surface area (Å²) in [6.07, 6.45) is 1.78. The highest BCUT2D eigenvalue weighted by atomic mass is 79.9. The molecule has 0 N–H and O–H groups in total. The number of rotatable bonds is 3. The van der Waals surface area contributed by atoms with Crippen molar-refractivity contribution in [2.45, 2.75) is 24.6 Å². The number of nitrogens with zero attached hydrogens (tertiary/aromatic N) is 3. The third kappa shape index (κ3) is 3.23. The van der Waals surface area contributed by atoms with E-state index in [0.717, 1.165) is 25.5 Å². The van der Waals surface area contributed by atoms with Crippen LogP contribution < -0.4 is 0 Å². The molecule has 3 heterocycles. The van der Waals surface area contributed by atoms with E-state index in [9.17, 15) is 0 Å². The quantitative estimate of drug-likeness (QED) is 0.435. The predicted molar refractivity (Wildman–Crippen MR) is 93.4 cm³/mol. The minimum absolute atomic E-state index is 0.543. The summed E-state index contributed by atoms with van der Waals surface area (Å²) in [6, 6.07) is 3.94. The number of pyridine rings is 1. The summed E-state index contributed by atoms with van der Waals surface area (Å²) in [7, 11) is 0. The van der Waals surface area contributed by atoms with Crippen LogP contribution in [-0.4, -0.2) is 15.0 Å². The average Bonchev–Trinajstić information content (AvgIpc) is 2.74. The zero-order chi connectivity index (χ0) is 15.0. The Morgan fingerprint density at radius 1 is 1.29 bits per heavy atom. The summed E-state index contributed by atoms with van der Waals surface area (Å²) >= 11 is 12.9. The molecule has 0 bridgehead atoms. The van der Waals surface area contributed by atoms with Crippen LogP contribution in [0, 0.1) is 13.8 Å². The summed E-state index contributed by atoms with van der Waals surface area (Å²) < 4.78 is 0.970. The molecular formula is C14H11BrClN3S2. The molecule has 3 aromatic rings. The highest BCUT2D eigenvalue weighted by Crippen LogP contribution is 2.33. The topological polar surface area (TPSA) is 38.7 Å². The van der Waals surface area contributed by atoms with E-state index in [2.05, 4.69) is 44.7 Å². The molecule has 7 heteroatoms. The van der Waals surface area contributed by atoms with Gasteiger partial charge in [-0.05, 0) is 47.5 Å². The monoisotopic (exact) mass is 399 g/mol. The molecule has 3 nitrogen and oxygen atoms in total. The van der Waals surface area contributed by atoms with Crippen molar-refractivity contribution < 1.29 is 0 Å². The van der Waals surface area contributed by atoms with E-state index in [4.69, 9.17) is 11.6 Å². The number of aryl methyl sites for hydroxylation is 2. The lowest BCUT2D eigenvalue weighted by atomic mass is 10.2. The summed E-state index contributed by atoms with van der Waals surface area (Å²) in [4.78, 5) is 15.6. The van der Waals surface area contributed by atoms with Gasteiger partial charge in [0.25, 0.3) is 0 Å². The SMILES string of the molecule is Cc1sc2nc(CSc3ccc(Br)cn3)nc(Cl)c2c1C. The van der Waals surface area contributed by atoms with Gasteiger partial charge in [-0.15, -0.1) is 11.3 Å². The van der Waals surface area contributed by atoms with Crippen molar-refractivity contribution in [1.29, 1.82) is 0 Å². The van der Waals surface area contributed by atoms with Crippen LogP contribution in [0.4, 0.5) is 0 Å². The number of thioether (sulfide) groups is 1. The maximum Gasteiger partial charge on any atom is 0.142 e. The Balaban J connectivity index is 1.86. The Morgan fingerprint density at radius 3 is 2.81 bits per heavy atom. The average molecular weight is 401 g/mol. The number of aromatic nitrogens is 3. The van der Waals surface area contributed by atoms with Crippen molar-refractivity contribution in [3.8, 4) is 0 Å². The van der Waals surface area contributed by atoms with Crippen molar-refractivity contribution in [2.24, 2.45) is 0 Å². The predicted octanol–water partition coefficient (Wildman–Crippen LogP) is 5.41. The highest BCUT2D eigenvalue weighted by molar-refractivity contribution is 9.10. The third-order valence-electron chi connectivity index (χ3n) is 3.08. The molecule has 0 atom stereocenters. The molecule has 3 aromatic heterocycles. The molecule has 0 radical (unpaired) electrons. The number of hydrogen-bond acceptors (Lipinski definition) is 5. The summed E-state index contributed by atoms with van der Waals surface area (Å²) in [6.45, 7) is 4.14. The van der Waals surface area contributed by atoms with Gasteiger partial charge < -0.3 is 0 Å². The molecule has 0 aliphatic rings. The van der Waals surface area contributed by atoms with Gasteiger partial charge in [0.1, 0.15) is 15.8 Å². The highest BCUT2D eigenvalue weighted by Gasteiger charge is 2.13. The van der Waals surface area contributed by atoms with E-state index in [1.807, 2.05) is 12.1 Å². The fraction of sp³-hybridized carbons (Fsp3) is 0.214. The van der Waals surface area contributed by atoms with Crippen molar-refractivity contribution in [2.75, 3.05) is 0 Å². The smallest absolute Gasteiger partial charge is 0.142 e. The molecule has 0 unspecified atom stereocenters. The van der Waals surface area contributed by atoms with E-state index in [1.165, 1.54) is 10.4 Å². The molecule has 0 aromatic carbocycles. The van der Waals surface area contributed by atoms with E-state index in [0.29, 0.717) is 10.9 Å². The fourth-order valence-corrected chi connectivity index (χ4v) is 4.26. The molecule has 3 rings (SSSR count). The molecule has 0 amide bonds. The lowest BCUT2D eigenvalue weighted by Crippen LogP contribution is -1.94. The molecule has 0 aliphatic carbocycles. The minimum atomic E-state index is 0.543. The summed E-state index contributed by atoms with van der Waals surface area (Å²) in [5.74, 6) is 1.39. The van der Waals surface area contributed by atoms with Gasteiger partial charge >= 0.3 is 0 Å². The van der Waals surface area contributed by atoms with Crippen LogP contribution in [0.25, 0.3) is 10.2 Å². The Hall–Kier alpha value is -0.690. The zero-order valence-corrected chi connectivity index (χ0v) is 15.3. The Morgan fingerprint density at radius 2 is 2.10 bits per heavy atom. The van der Waals surface area contributed by atoms with Gasteiger partial charge in [-0.3, -0.25) is 0 Å². The number of fused-ring (bicyclic) bond motifs is 1. The van der Waals surface area contributed by atoms with Crippen molar-refractivity contribution in [1.82, 2.24) is 15.0 Å². The molecule has 0 saturated carbocycles. The molecular weight excluding hydrogens is 390 g/mol. The third-order valence-corrected chi connectivity index (χ3v) is 5.86. The van der Waals surface area contributed by atoms with E-state index >= 15 is 0 Å². The Labute approximate surface area is 144 Å². The van der Waals surface area contributed by atoms with Crippen LogP contribution in [0.1, 0.15) is 16.3 Å². The summed E-state index contributed by atoms with van der Waals surface area (Å²) in [5, 5.41) is 2.47. The van der Waals surface area contributed by atoms with Crippen LogP contribution in [0.15, 0.2) is 27.8 Å². The largest absolute Gasteiger partial charge is 0.249 e. The second-order valence-electron chi connectivity index (χ2n) is 4.50. The first-order valence-corrected chi connectivity index (χ1v) is 9.18. The number of thiophene rings is 1. The lowest BCUT2D eigenvalue weighted by Gasteiger charge is -2.02. The molecule has 0 spiro atoms. The fourth-order valence-electron chi connectivity index (χ4n) is 1.89. The maximum absolute atomic E-state index is 6.31. The first kappa shape index (κ1) is 15.2. The molecule has 0 saturated heterocycles. The van der Waals surface area contributed by atoms with E-state index in [-0.39, 0.29) is 0 Å². The zero-order valence-electron chi connectivity index (χ0n) is 11.4. The summed E-state index contributed by atoms with van der Waals surface area (Å²) in [5.41, 5.74) is 1.17. The van der Waals surface area contributed by atoms with Crippen LogP contribution in [-0.2, 0) is 5.75 Å². The van der Waals surface area contributed by atoms with Crippen molar-refractivity contribution in [3.63, 3.8) is 0 Å². The van der Waals surface area contributed by atoms with Crippen LogP contribution >= 0.6 is 50.6 Å². The lowest BCUT2D eigenvalue weighted by molar-refractivity contribution is 1.06. The normalized spacial score (nSPS) is 11.2. The first-order chi connectivity index (χ1) is 10.0. The maximum atomic E-state index is 6.31. The Bertz CT molecular complexity index is 802. The van der Waals surface area contributed by atoms with Crippen LogP contribution in [0.5, 0.6) is 0 Å². The minimum Gasteiger partial charge on any atom is -0.249 e. The first-order valence-electron chi connectivity index (χ1n) is 6.21. The van der Waals surface area contributed by atoms with Gasteiger partial charge in [-0.25, -0.2) is 15.0 Å². The number of halogens is 2.